The fraction of sp³-hybridized carbons (Fsp3) is 0.136. The van der Waals surface area contributed by atoms with Crippen LogP contribution >= 0.6 is 11.3 Å². The van der Waals surface area contributed by atoms with Crippen molar-refractivity contribution in [2.45, 2.75) is 13.8 Å². The van der Waals surface area contributed by atoms with Gasteiger partial charge >= 0.3 is 5.97 Å². The van der Waals surface area contributed by atoms with E-state index >= 15 is 0 Å². The third-order valence-corrected chi connectivity index (χ3v) is 5.30. The molecule has 0 saturated heterocycles. The maximum absolute atomic E-state index is 12.9. The minimum absolute atomic E-state index is 0.149. The third-order valence-electron chi connectivity index (χ3n) is 4.54. The Labute approximate surface area is 181 Å². The van der Waals surface area contributed by atoms with Gasteiger partial charge in [0.15, 0.2) is 10.8 Å². The number of anilines is 1. The molecule has 9 heteroatoms. The number of nitrogens with one attached hydrogen (secondary N) is 1. The number of nitrogens with zero attached hydrogens (tertiary/aromatic N) is 3. The fourth-order valence-corrected chi connectivity index (χ4v) is 3.78. The molecule has 2 heterocycles. The predicted octanol–water partition coefficient (Wildman–Crippen LogP) is 3.58. The van der Waals surface area contributed by atoms with Crippen molar-refractivity contribution in [2.24, 2.45) is 0 Å². The van der Waals surface area contributed by atoms with Gasteiger partial charge in [-0.3, -0.25) is 19.5 Å². The largest absolute Gasteiger partial charge is 0.461 e. The van der Waals surface area contributed by atoms with Crippen molar-refractivity contribution >= 4 is 39.2 Å². The minimum atomic E-state index is -0.534. The highest BCUT2D eigenvalue weighted by Crippen LogP contribution is 2.18. The standard InChI is InChI=1S/C22H18N4O4S/c1-3-30-21(29)18-12-31-22(24-18)25-19(27)14-8-10-15(11-9-14)26-13(2)23-17-7-5-4-6-16(17)20(26)28/h4-12H,3H2,1-2H3,(H,24,25,27). The van der Waals surface area contributed by atoms with Crippen LogP contribution in [0.2, 0.25) is 0 Å². The molecule has 0 aliphatic carbocycles. The highest BCUT2D eigenvalue weighted by atomic mass is 32.1. The van der Waals surface area contributed by atoms with Crippen molar-refractivity contribution in [1.29, 1.82) is 0 Å². The summed E-state index contributed by atoms with van der Waals surface area (Å²) in [6, 6.07) is 13.8. The summed E-state index contributed by atoms with van der Waals surface area (Å²) in [5, 5.41) is 5.01. The molecule has 0 saturated carbocycles. The van der Waals surface area contributed by atoms with Gasteiger partial charge in [-0.25, -0.2) is 14.8 Å². The van der Waals surface area contributed by atoms with Crippen LogP contribution in [0.25, 0.3) is 16.6 Å². The van der Waals surface area contributed by atoms with Crippen LogP contribution in [0, 0.1) is 6.92 Å². The number of aromatic nitrogens is 3. The SMILES string of the molecule is CCOC(=O)c1csc(NC(=O)c2ccc(-n3c(C)nc4ccccc4c3=O)cc2)n1. The van der Waals surface area contributed by atoms with E-state index in [4.69, 9.17) is 4.74 Å². The summed E-state index contributed by atoms with van der Waals surface area (Å²) in [5.41, 5.74) is 1.61. The molecule has 0 radical (unpaired) electrons. The molecule has 1 N–H and O–H groups in total. The van der Waals surface area contributed by atoms with Gasteiger partial charge < -0.3 is 4.74 Å². The predicted molar refractivity (Wildman–Crippen MR) is 118 cm³/mol. The van der Waals surface area contributed by atoms with Gasteiger partial charge in [-0.05, 0) is 50.2 Å². The van der Waals surface area contributed by atoms with Crippen molar-refractivity contribution in [1.82, 2.24) is 14.5 Å². The summed E-state index contributed by atoms with van der Waals surface area (Å²) < 4.78 is 6.40. The number of fused-ring (bicyclic) bond motifs is 1. The number of esters is 1. The van der Waals surface area contributed by atoms with E-state index in [1.54, 1.807) is 56.3 Å². The molecular formula is C22H18N4O4S. The highest BCUT2D eigenvalue weighted by Gasteiger charge is 2.15. The van der Waals surface area contributed by atoms with E-state index in [1.165, 1.54) is 9.95 Å². The normalized spacial score (nSPS) is 10.8. The average Bonchev–Trinajstić information content (AvgIpc) is 3.23. The number of rotatable bonds is 5. The van der Waals surface area contributed by atoms with Crippen molar-refractivity contribution in [3.8, 4) is 5.69 Å². The molecule has 1 amide bonds. The lowest BCUT2D eigenvalue weighted by Crippen LogP contribution is -2.22. The molecule has 4 rings (SSSR count). The number of aryl methyl sites for hydroxylation is 1. The van der Waals surface area contributed by atoms with Crippen LogP contribution in [-0.2, 0) is 4.74 Å². The molecule has 0 spiro atoms. The van der Waals surface area contributed by atoms with E-state index in [0.717, 1.165) is 11.3 Å². The number of carbonyl (C=O) groups is 2. The molecule has 2 aromatic heterocycles. The van der Waals surface area contributed by atoms with Gasteiger partial charge in [-0.1, -0.05) is 12.1 Å². The first-order chi connectivity index (χ1) is 15.0. The molecule has 156 valence electrons. The van der Waals surface area contributed by atoms with Crippen molar-refractivity contribution in [2.75, 3.05) is 11.9 Å². The summed E-state index contributed by atoms with van der Waals surface area (Å²) in [6.07, 6.45) is 0. The lowest BCUT2D eigenvalue weighted by Gasteiger charge is -2.11. The van der Waals surface area contributed by atoms with Gasteiger partial charge in [0, 0.05) is 10.9 Å². The van der Waals surface area contributed by atoms with Crippen LogP contribution in [0.15, 0.2) is 58.7 Å². The van der Waals surface area contributed by atoms with Crippen molar-refractivity contribution in [3.63, 3.8) is 0 Å². The fourth-order valence-electron chi connectivity index (χ4n) is 3.11. The highest BCUT2D eigenvalue weighted by molar-refractivity contribution is 7.14. The van der Waals surface area contributed by atoms with Crippen molar-refractivity contribution in [3.05, 3.63) is 81.3 Å². The Kier molecular flexibility index (Phi) is 5.59. The van der Waals surface area contributed by atoms with E-state index in [1.807, 2.05) is 6.07 Å². The van der Waals surface area contributed by atoms with E-state index in [0.29, 0.717) is 33.1 Å². The second-order valence-corrected chi connectivity index (χ2v) is 7.43. The van der Waals surface area contributed by atoms with E-state index in [9.17, 15) is 14.4 Å². The Morgan fingerprint density at radius 3 is 2.58 bits per heavy atom. The third kappa shape index (κ3) is 4.08. The first-order valence-corrected chi connectivity index (χ1v) is 10.4. The summed E-state index contributed by atoms with van der Waals surface area (Å²) in [6.45, 7) is 3.72. The second-order valence-electron chi connectivity index (χ2n) is 6.58. The zero-order valence-corrected chi connectivity index (χ0v) is 17.6. The number of para-hydroxylation sites is 1. The molecular weight excluding hydrogens is 416 g/mol. The Bertz CT molecular complexity index is 1340. The number of ether oxygens (including phenoxy) is 1. The molecule has 2 aromatic carbocycles. The van der Waals surface area contributed by atoms with Crippen molar-refractivity contribution < 1.29 is 14.3 Å². The number of benzene rings is 2. The maximum atomic E-state index is 12.9. The quantitative estimate of drug-likeness (QED) is 0.482. The van der Waals surface area contributed by atoms with Gasteiger partial charge in [0.1, 0.15) is 5.82 Å². The molecule has 0 atom stereocenters. The van der Waals surface area contributed by atoms with Gasteiger partial charge in [0.05, 0.1) is 23.2 Å². The Morgan fingerprint density at radius 1 is 1.10 bits per heavy atom. The number of hydrogen-bond donors (Lipinski definition) is 1. The zero-order valence-electron chi connectivity index (χ0n) is 16.8. The maximum Gasteiger partial charge on any atom is 0.357 e. The smallest absolute Gasteiger partial charge is 0.357 e. The van der Waals surface area contributed by atoms with Gasteiger partial charge in [-0.2, -0.15) is 0 Å². The van der Waals surface area contributed by atoms with Crippen LogP contribution in [-0.4, -0.2) is 33.0 Å². The second kappa shape index (κ2) is 8.49. The molecule has 8 nitrogen and oxygen atoms in total. The number of carbonyl (C=O) groups excluding carboxylic acids is 2. The van der Waals surface area contributed by atoms with Crippen LogP contribution in [0.3, 0.4) is 0 Å². The summed E-state index contributed by atoms with van der Waals surface area (Å²) in [7, 11) is 0. The van der Waals surface area contributed by atoms with E-state index < -0.39 is 5.97 Å². The van der Waals surface area contributed by atoms with Crippen LogP contribution < -0.4 is 10.9 Å². The molecule has 0 fully saturated rings. The molecule has 0 unspecified atom stereocenters. The first kappa shape index (κ1) is 20.4. The van der Waals surface area contributed by atoms with E-state index in [2.05, 4.69) is 15.3 Å². The van der Waals surface area contributed by atoms with Crippen LogP contribution in [0.1, 0.15) is 33.6 Å². The van der Waals surface area contributed by atoms with Gasteiger partial charge in [0.2, 0.25) is 0 Å². The number of hydrogen-bond acceptors (Lipinski definition) is 7. The number of amides is 1. The van der Waals surface area contributed by atoms with Crippen LogP contribution in [0.5, 0.6) is 0 Å². The van der Waals surface area contributed by atoms with Gasteiger partial charge in [-0.15, -0.1) is 11.3 Å². The summed E-state index contributed by atoms with van der Waals surface area (Å²) >= 11 is 1.13. The summed E-state index contributed by atoms with van der Waals surface area (Å²) in [4.78, 5) is 45.7. The Hall–Kier alpha value is -3.85. The summed E-state index contributed by atoms with van der Waals surface area (Å²) in [5.74, 6) is -0.361. The zero-order chi connectivity index (χ0) is 22.0. The van der Waals surface area contributed by atoms with E-state index in [-0.39, 0.29) is 23.8 Å². The van der Waals surface area contributed by atoms with Gasteiger partial charge in [0.25, 0.3) is 11.5 Å². The lowest BCUT2D eigenvalue weighted by molar-refractivity contribution is 0.0520. The molecule has 0 aliphatic heterocycles. The molecule has 4 aromatic rings. The van der Waals surface area contributed by atoms with Crippen LogP contribution in [0.4, 0.5) is 5.13 Å². The average molecular weight is 434 g/mol. The first-order valence-electron chi connectivity index (χ1n) is 9.50. The molecule has 31 heavy (non-hydrogen) atoms. The lowest BCUT2D eigenvalue weighted by atomic mass is 10.2. The minimum Gasteiger partial charge on any atom is -0.461 e. The Morgan fingerprint density at radius 2 is 1.84 bits per heavy atom. The monoisotopic (exact) mass is 434 g/mol. The molecule has 0 bridgehead atoms. The molecule has 0 aliphatic rings. The Balaban J connectivity index is 1.56. The number of thiazole rings is 1. The topological polar surface area (TPSA) is 103 Å².